The SMILES string of the molecule is CSCC(CCO)NC1CCCC(C)C1. The number of hydrogen-bond donors (Lipinski definition) is 2. The summed E-state index contributed by atoms with van der Waals surface area (Å²) in [5.74, 6) is 1.99. The summed E-state index contributed by atoms with van der Waals surface area (Å²) in [5.41, 5.74) is 0. The third kappa shape index (κ3) is 5.23. The Labute approximate surface area is 98.2 Å². The molecule has 0 aliphatic heterocycles. The molecule has 0 aromatic rings. The Morgan fingerprint density at radius 3 is 2.87 bits per heavy atom. The minimum atomic E-state index is 0.306. The summed E-state index contributed by atoms with van der Waals surface area (Å²) in [7, 11) is 0. The topological polar surface area (TPSA) is 32.3 Å². The molecule has 3 atom stereocenters. The Balaban J connectivity index is 2.28. The molecule has 0 heterocycles. The van der Waals surface area contributed by atoms with Crippen molar-refractivity contribution in [2.75, 3.05) is 18.6 Å². The van der Waals surface area contributed by atoms with Crippen LogP contribution in [0.5, 0.6) is 0 Å². The van der Waals surface area contributed by atoms with Crippen molar-refractivity contribution in [3.8, 4) is 0 Å². The molecule has 1 rings (SSSR count). The third-order valence-corrected chi connectivity index (χ3v) is 3.99. The first-order chi connectivity index (χ1) is 7.26. The summed E-state index contributed by atoms with van der Waals surface area (Å²) in [6, 6.07) is 1.19. The van der Waals surface area contributed by atoms with E-state index in [0.29, 0.717) is 18.7 Å². The molecular weight excluding hydrogens is 206 g/mol. The van der Waals surface area contributed by atoms with E-state index in [1.54, 1.807) is 0 Å². The van der Waals surface area contributed by atoms with Gasteiger partial charge in [0, 0.05) is 24.4 Å². The second-order valence-electron chi connectivity index (χ2n) is 4.80. The highest BCUT2D eigenvalue weighted by Crippen LogP contribution is 2.24. The normalized spacial score (nSPS) is 29.0. The third-order valence-electron chi connectivity index (χ3n) is 3.25. The molecule has 0 spiro atoms. The monoisotopic (exact) mass is 231 g/mol. The van der Waals surface area contributed by atoms with Crippen LogP contribution in [0, 0.1) is 5.92 Å². The van der Waals surface area contributed by atoms with E-state index in [4.69, 9.17) is 5.11 Å². The maximum absolute atomic E-state index is 9.00. The smallest absolute Gasteiger partial charge is 0.0446 e. The van der Waals surface area contributed by atoms with Crippen LogP contribution < -0.4 is 5.32 Å². The van der Waals surface area contributed by atoms with Crippen molar-refractivity contribution < 1.29 is 5.11 Å². The predicted octanol–water partition coefficient (Wildman–Crippen LogP) is 2.27. The Bertz CT molecular complexity index is 157. The molecule has 1 aliphatic rings. The largest absolute Gasteiger partial charge is 0.396 e. The quantitative estimate of drug-likeness (QED) is 0.735. The molecule has 0 aromatic carbocycles. The standard InChI is InChI=1S/C12H25NOS/c1-10-4-3-5-11(8-10)13-12(6-7-14)9-15-2/h10-14H,3-9H2,1-2H3. The van der Waals surface area contributed by atoms with Crippen LogP contribution in [0.4, 0.5) is 0 Å². The summed E-state index contributed by atoms with van der Waals surface area (Å²) in [5, 5.41) is 12.7. The van der Waals surface area contributed by atoms with Crippen molar-refractivity contribution in [2.24, 2.45) is 5.92 Å². The Morgan fingerprint density at radius 2 is 2.27 bits per heavy atom. The van der Waals surface area contributed by atoms with Gasteiger partial charge in [-0.15, -0.1) is 0 Å². The lowest BCUT2D eigenvalue weighted by Gasteiger charge is -2.31. The molecule has 3 heteroatoms. The zero-order valence-electron chi connectivity index (χ0n) is 10.0. The van der Waals surface area contributed by atoms with E-state index in [9.17, 15) is 0 Å². The lowest BCUT2D eigenvalue weighted by molar-refractivity contribution is 0.242. The van der Waals surface area contributed by atoms with Gasteiger partial charge in [-0.05, 0) is 31.4 Å². The molecule has 0 bridgehead atoms. The van der Waals surface area contributed by atoms with Crippen molar-refractivity contribution in [1.29, 1.82) is 0 Å². The maximum atomic E-state index is 9.00. The molecule has 15 heavy (non-hydrogen) atoms. The van der Waals surface area contributed by atoms with Gasteiger partial charge in [-0.2, -0.15) is 11.8 Å². The van der Waals surface area contributed by atoms with Gasteiger partial charge in [-0.3, -0.25) is 0 Å². The van der Waals surface area contributed by atoms with Gasteiger partial charge in [0.15, 0.2) is 0 Å². The number of nitrogens with one attached hydrogen (secondary N) is 1. The highest BCUT2D eigenvalue weighted by atomic mass is 32.2. The lowest BCUT2D eigenvalue weighted by Crippen LogP contribution is -2.42. The minimum absolute atomic E-state index is 0.306. The summed E-state index contributed by atoms with van der Waals surface area (Å²) in [6.07, 6.45) is 8.42. The molecule has 1 fully saturated rings. The Hall–Kier alpha value is 0.270. The van der Waals surface area contributed by atoms with Crippen LogP contribution in [0.3, 0.4) is 0 Å². The molecule has 0 amide bonds. The number of aliphatic hydroxyl groups excluding tert-OH is 1. The van der Waals surface area contributed by atoms with Crippen LogP contribution in [0.25, 0.3) is 0 Å². The molecule has 3 unspecified atom stereocenters. The van der Waals surface area contributed by atoms with Gasteiger partial charge in [0.2, 0.25) is 0 Å². The van der Waals surface area contributed by atoms with Crippen LogP contribution in [0.15, 0.2) is 0 Å². The van der Waals surface area contributed by atoms with E-state index in [2.05, 4.69) is 18.5 Å². The van der Waals surface area contributed by atoms with Crippen LogP contribution >= 0.6 is 11.8 Å². The van der Waals surface area contributed by atoms with Gasteiger partial charge in [0.05, 0.1) is 0 Å². The van der Waals surface area contributed by atoms with Gasteiger partial charge in [0.25, 0.3) is 0 Å². The molecule has 0 saturated heterocycles. The first-order valence-electron chi connectivity index (χ1n) is 6.12. The van der Waals surface area contributed by atoms with Crippen molar-refractivity contribution in [2.45, 2.75) is 51.1 Å². The van der Waals surface area contributed by atoms with Crippen molar-refractivity contribution in [3.63, 3.8) is 0 Å². The second-order valence-corrected chi connectivity index (χ2v) is 5.71. The van der Waals surface area contributed by atoms with E-state index in [0.717, 1.165) is 18.1 Å². The average Bonchev–Trinajstić information content (AvgIpc) is 2.18. The highest BCUT2D eigenvalue weighted by Gasteiger charge is 2.21. The van der Waals surface area contributed by atoms with E-state index >= 15 is 0 Å². The summed E-state index contributed by atoms with van der Waals surface area (Å²) >= 11 is 1.87. The van der Waals surface area contributed by atoms with Crippen LogP contribution in [0.1, 0.15) is 39.0 Å². The average molecular weight is 231 g/mol. The van der Waals surface area contributed by atoms with E-state index in [-0.39, 0.29) is 0 Å². The van der Waals surface area contributed by atoms with Gasteiger partial charge < -0.3 is 10.4 Å². The van der Waals surface area contributed by atoms with Crippen LogP contribution in [-0.2, 0) is 0 Å². The Morgan fingerprint density at radius 1 is 1.47 bits per heavy atom. The fourth-order valence-electron chi connectivity index (χ4n) is 2.49. The predicted molar refractivity (Wildman–Crippen MR) is 68.4 cm³/mol. The molecule has 1 saturated carbocycles. The minimum Gasteiger partial charge on any atom is -0.396 e. The number of rotatable bonds is 6. The molecule has 0 aromatic heterocycles. The lowest BCUT2D eigenvalue weighted by atomic mass is 9.86. The number of thioether (sulfide) groups is 1. The fourth-order valence-corrected chi connectivity index (χ4v) is 3.16. The molecule has 1 aliphatic carbocycles. The summed E-state index contributed by atoms with van der Waals surface area (Å²) < 4.78 is 0. The van der Waals surface area contributed by atoms with E-state index < -0.39 is 0 Å². The molecule has 2 N–H and O–H groups in total. The first-order valence-corrected chi connectivity index (χ1v) is 7.51. The van der Waals surface area contributed by atoms with E-state index in [1.807, 2.05) is 11.8 Å². The first kappa shape index (κ1) is 13.3. The molecule has 0 radical (unpaired) electrons. The van der Waals surface area contributed by atoms with Crippen LogP contribution in [0.2, 0.25) is 0 Å². The van der Waals surface area contributed by atoms with Crippen molar-refractivity contribution in [3.05, 3.63) is 0 Å². The zero-order valence-corrected chi connectivity index (χ0v) is 10.9. The van der Waals surface area contributed by atoms with Crippen LogP contribution in [-0.4, -0.2) is 35.8 Å². The highest BCUT2D eigenvalue weighted by molar-refractivity contribution is 7.98. The summed E-state index contributed by atoms with van der Waals surface area (Å²) in [4.78, 5) is 0. The molecular formula is C12H25NOS. The maximum Gasteiger partial charge on any atom is 0.0446 e. The second kappa shape index (κ2) is 7.53. The van der Waals surface area contributed by atoms with Crippen molar-refractivity contribution >= 4 is 11.8 Å². The number of hydrogen-bond acceptors (Lipinski definition) is 3. The summed E-state index contributed by atoms with van der Waals surface area (Å²) in [6.45, 7) is 2.66. The van der Waals surface area contributed by atoms with E-state index in [1.165, 1.54) is 25.7 Å². The zero-order chi connectivity index (χ0) is 11.1. The molecule has 2 nitrogen and oxygen atoms in total. The number of aliphatic hydroxyl groups is 1. The molecule has 90 valence electrons. The fraction of sp³-hybridized carbons (Fsp3) is 1.00. The van der Waals surface area contributed by atoms with Gasteiger partial charge in [-0.1, -0.05) is 19.8 Å². The van der Waals surface area contributed by atoms with Gasteiger partial charge >= 0.3 is 0 Å². The van der Waals surface area contributed by atoms with Crippen molar-refractivity contribution in [1.82, 2.24) is 5.32 Å². The van der Waals surface area contributed by atoms with Gasteiger partial charge in [-0.25, -0.2) is 0 Å². The van der Waals surface area contributed by atoms with Gasteiger partial charge in [0.1, 0.15) is 0 Å². The Kier molecular flexibility index (Phi) is 6.69.